The molecule has 3 atom stereocenters. The van der Waals surface area contributed by atoms with Crippen molar-refractivity contribution in [3.05, 3.63) is 47.3 Å². The molecule has 0 aromatic heterocycles. The van der Waals surface area contributed by atoms with E-state index in [4.69, 9.17) is 15.2 Å². The van der Waals surface area contributed by atoms with Crippen molar-refractivity contribution in [1.29, 1.82) is 0 Å². The number of hydrogen-bond acceptors (Lipinski definition) is 7. The van der Waals surface area contributed by atoms with Gasteiger partial charge in [0.15, 0.2) is 5.78 Å². The van der Waals surface area contributed by atoms with Crippen molar-refractivity contribution < 1.29 is 37.8 Å². The number of alkyl carbamates (subject to hydrolysis) is 1. The van der Waals surface area contributed by atoms with Crippen molar-refractivity contribution in [3.8, 4) is 0 Å². The number of ether oxygens (including phenoxy) is 2. The van der Waals surface area contributed by atoms with Gasteiger partial charge in [0.1, 0.15) is 29.6 Å². The first-order chi connectivity index (χ1) is 18.3. The third kappa shape index (κ3) is 7.78. The molecule has 2 heterocycles. The molecule has 2 aliphatic rings. The Balaban J connectivity index is 1.71. The normalized spacial score (nSPS) is 19.5. The molecule has 2 aliphatic heterocycles. The average Bonchev–Trinajstić information content (AvgIpc) is 3.46. The molecule has 0 spiro atoms. The second kappa shape index (κ2) is 12.3. The first-order valence-corrected chi connectivity index (χ1v) is 12.8. The first-order valence-electron chi connectivity index (χ1n) is 12.8. The third-order valence-corrected chi connectivity index (χ3v) is 6.35. The van der Waals surface area contributed by atoms with Crippen molar-refractivity contribution in [3.63, 3.8) is 0 Å². The maximum atomic E-state index is 14.1. The maximum Gasteiger partial charge on any atom is 0.410 e. The highest BCUT2D eigenvalue weighted by molar-refractivity contribution is 5.93. The summed E-state index contributed by atoms with van der Waals surface area (Å²) in [6.45, 7) is 6.72. The number of rotatable bonds is 8. The summed E-state index contributed by atoms with van der Waals surface area (Å²) in [5.74, 6) is -2.12. The van der Waals surface area contributed by atoms with Crippen LogP contribution in [0.2, 0.25) is 0 Å². The number of nitrogens with zero attached hydrogens (tertiary/aromatic N) is 2. The van der Waals surface area contributed by atoms with E-state index >= 15 is 0 Å². The number of fused-ring (bicyclic) bond motifs is 1. The molecule has 3 N–H and O–H groups in total. The number of primary amides is 1. The predicted octanol–water partition coefficient (Wildman–Crippen LogP) is 2.55. The monoisotopic (exact) mass is 546 g/mol. The summed E-state index contributed by atoms with van der Waals surface area (Å²) >= 11 is 0. The molecular formula is C27H35FN4O7. The highest BCUT2D eigenvalue weighted by Gasteiger charge is 2.43. The molecule has 0 saturated carbocycles. The van der Waals surface area contributed by atoms with Crippen LogP contribution in [0.15, 0.2) is 30.4 Å². The van der Waals surface area contributed by atoms with Crippen LogP contribution in [0.1, 0.15) is 58.1 Å². The van der Waals surface area contributed by atoms with Gasteiger partial charge in [-0.05, 0) is 51.8 Å². The quantitative estimate of drug-likeness (QED) is 0.476. The minimum absolute atomic E-state index is 0.0393. The maximum absolute atomic E-state index is 14.1. The fourth-order valence-corrected chi connectivity index (χ4v) is 4.59. The fourth-order valence-electron chi connectivity index (χ4n) is 4.59. The van der Waals surface area contributed by atoms with Gasteiger partial charge in [-0.3, -0.25) is 19.3 Å². The van der Waals surface area contributed by atoms with Gasteiger partial charge in [0.2, 0.25) is 11.8 Å². The van der Waals surface area contributed by atoms with E-state index in [0.29, 0.717) is 11.1 Å². The zero-order valence-corrected chi connectivity index (χ0v) is 22.6. The molecule has 1 saturated heterocycles. The molecule has 1 aromatic rings. The number of carbonyl (C=O) groups excluding carboxylic acids is 5. The van der Waals surface area contributed by atoms with E-state index in [-0.39, 0.29) is 44.7 Å². The van der Waals surface area contributed by atoms with Gasteiger partial charge in [-0.25, -0.2) is 14.0 Å². The molecule has 4 amide bonds. The van der Waals surface area contributed by atoms with E-state index < -0.39 is 53.6 Å². The van der Waals surface area contributed by atoms with Crippen molar-refractivity contribution in [1.82, 2.24) is 15.1 Å². The molecule has 0 radical (unpaired) electrons. The van der Waals surface area contributed by atoms with Gasteiger partial charge in [-0.1, -0.05) is 18.2 Å². The summed E-state index contributed by atoms with van der Waals surface area (Å²) in [6.07, 6.45) is 0.344. The second-order valence-corrected chi connectivity index (χ2v) is 10.6. The van der Waals surface area contributed by atoms with Gasteiger partial charge in [0, 0.05) is 24.9 Å². The van der Waals surface area contributed by atoms with E-state index in [1.807, 2.05) is 0 Å². The molecule has 1 aromatic carbocycles. The van der Waals surface area contributed by atoms with Crippen LogP contribution in [-0.2, 0) is 36.9 Å². The number of amides is 4. The molecule has 212 valence electrons. The van der Waals surface area contributed by atoms with Crippen LogP contribution in [0.25, 0.3) is 0 Å². The van der Waals surface area contributed by atoms with E-state index in [2.05, 4.69) is 5.32 Å². The molecule has 12 heteroatoms. The SMILES string of the molecule is C/C=C/C(=O)CC[C@H](NC(=O)OC(C)(C)C)C(=O)N1CC(OC(=O)N2Cc3cccc(F)c3C2)CC1C(N)=O. The minimum Gasteiger partial charge on any atom is -0.444 e. The number of nitrogens with one attached hydrogen (secondary N) is 1. The van der Waals surface area contributed by atoms with E-state index in [1.165, 1.54) is 17.0 Å². The van der Waals surface area contributed by atoms with Crippen molar-refractivity contribution in [2.24, 2.45) is 5.73 Å². The second-order valence-electron chi connectivity index (χ2n) is 10.6. The van der Waals surface area contributed by atoms with Gasteiger partial charge in [0.05, 0.1) is 13.1 Å². The average molecular weight is 547 g/mol. The van der Waals surface area contributed by atoms with E-state index in [0.717, 1.165) is 4.90 Å². The number of benzene rings is 1. The number of carbonyl (C=O) groups is 5. The predicted molar refractivity (Wildman–Crippen MR) is 137 cm³/mol. The first kappa shape index (κ1) is 29.6. The Morgan fingerprint density at radius 3 is 2.54 bits per heavy atom. The number of likely N-dealkylation sites (tertiary alicyclic amines) is 1. The topological polar surface area (TPSA) is 148 Å². The molecule has 3 rings (SSSR count). The Morgan fingerprint density at radius 2 is 1.92 bits per heavy atom. The van der Waals surface area contributed by atoms with Gasteiger partial charge in [-0.2, -0.15) is 0 Å². The van der Waals surface area contributed by atoms with Gasteiger partial charge in [0.25, 0.3) is 0 Å². The fraction of sp³-hybridized carbons (Fsp3) is 0.519. The van der Waals surface area contributed by atoms with Gasteiger partial charge < -0.3 is 25.4 Å². The molecule has 39 heavy (non-hydrogen) atoms. The van der Waals surface area contributed by atoms with Crippen LogP contribution < -0.4 is 11.1 Å². The summed E-state index contributed by atoms with van der Waals surface area (Å²) in [6, 6.07) is 2.32. The molecule has 11 nitrogen and oxygen atoms in total. The Morgan fingerprint density at radius 1 is 1.21 bits per heavy atom. The zero-order chi connectivity index (χ0) is 28.9. The summed E-state index contributed by atoms with van der Waals surface area (Å²) < 4.78 is 24.9. The van der Waals surface area contributed by atoms with Crippen LogP contribution in [0.5, 0.6) is 0 Å². The lowest BCUT2D eigenvalue weighted by Crippen LogP contribution is -2.53. The lowest BCUT2D eigenvalue weighted by molar-refractivity contribution is -0.139. The lowest BCUT2D eigenvalue weighted by Gasteiger charge is -2.28. The standard InChI is InChI=1S/C27H35FN4O7/c1-5-7-17(33)10-11-21(30-25(36)39-27(2,3)4)24(35)32-14-18(12-22(32)23(29)34)38-26(37)31-13-16-8-6-9-20(28)19(16)15-31/h5-9,18,21-22H,10-15H2,1-4H3,(H2,29,34)(H,30,36)/b7-5+/t18?,21-,22?/m0/s1. The number of ketones is 1. The molecule has 2 unspecified atom stereocenters. The van der Waals surface area contributed by atoms with Gasteiger partial charge in [-0.15, -0.1) is 0 Å². The number of nitrogens with two attached hydrogens (primary N) is 1. The Labute approximate surface area is 226 Å². The van der Waals surface area contributed by atoms with Crippen LogP contribution in [0.4, 0.5) is 14.0 Å². The van der Waals surface area contributed by atoms with Crippen LogP contribution in [0.3, 0.4) is 0 Å². The third-order valence-electron chi connectivity index (χ3n) is 6.35. The molecule has 0 bridgehead atoms. The van der Waals surface area contributed by atoms with E-state index in [9.17, 15) is 28.4 Å². The van der Waals surface area contributed by atoms with Crippen LogP contribution >= 0.6 is 0 Å². The van der Waals surface area contributed by atoms with Gasteiger partial charge >= 0.3 is 12.2 Å². The summed E-state index contributed by atoms with van der Waals surface area (Å²) in [7, 11) is 0. The number of allylic oxidation sites excluding steroid dienone is 2. The Kier molecular flexibility index (Phi) is 9.31. The molecule has 0 aliphatic carbocycles. The number of hydrogen-bond donors (Lipinski definition) is 2. The van der Waals surface area contributed by atoms with E-state index in [1.54, 1.807) is 45.9 Å². The van der Waals surface area contributed by atoms with Crippen LogP contribution in [-0.4, -0.2) is 69.9 Å². The van der Waals surface area contributed by atoms with Crippen molar-refractivity contribution in [2.75, 3.05) is 6.54 Å². The van der Waals surface area contributed by atoms with Crippen LogP contribution in [0, 0.1) is 5.82 Å². The Hall–Kier alpha value is -3.96. The van der Waals surface area contributed by atoms with Crippen molar-refractivity contribution in [2.45, 2.75) is 83.8 Å². The minimum atomic E-state index is -1.19. The lowest BCUT2D eigenvalue weighted by atomic mass is 10.1. The smallest absolute Gasteiger partial charge is 0.410 e. The summed E-state index contributed by atoms with van der Waals surface area (Å²) in [4.78, 5) is 65.6. The number of halogens is 1. The molecule has 1 fully saturated rings. The summed E-state index contributed by atoms with van der Waals surface area (Å²) in [5, 5.41) is 2.49. The summed E-state index contributed by atoms with van der Waals surface area (Å²) in [5.41, 5.74) is 5.81. The molecular weight excluding hydrogens is 511 g/mol. The Bertz CT molecular complexity index is 1160. The highest BCUT2D eigenvalue weighted by Crippen LogP contribution is 2.28. The van der Waals surface area contributed by atoms with Crippen molar-refractivity contribution >= 4 is 29.8 Å². The zero-order valence-electron chi connectivity index (χ0n) is 22.6. The largest absolute Gasteiger partial charge is 0.444 e. The highest BCUT2D eigenvalue weighted by atomic mass is 19.1.